The first-order chi connectivity index (χ1) is 13.7. The fourth-order valence-corrected chi connectivity index (χ4v) is 4.90. The lowest BCUT2D eigenvalue weighted by atomic mass is 9.70. The highest BCUT2D eigenvalue weighted by molar-refractivity contribution is 7.80. The normalized spacial score (nSPS) is 17.5. The molecule has 1 saturated carbocycles. The lowest BCUT2D eigenvalue weighted by molar-refractivity contribution is 0.0539. The maximum Gasteiger partial charge on any atom is 0.420 e. The predicted molar refractivity (Wildman–Crippen MR) is 117 cm³/mol. The van der Waals surface area contributed by atoms with E-state index in [-0.39, 0.29) is 11.1 Å². The quantitative estimate of drug-likeness (QED) is 0.608. The molecule has 0 radical (unpaired) electrons. The Kier molecular flexibility index (Phi) is 4.74. The lowest BCUT2D eigenvalue weighted by Gasteiger charge is -2.33. The van der Waals surface area contributed by atoms with Crippen molar-refractivity contribution in [2.75, 3.05) is 5.32 Å². The van der Waals surface area contributed by atoms with E-state index in [0.29, 0.717) is 5.69 Å². The Morgan fingerprint density at radius 2 is 1.93 bits per heavy atom. The van der Waals surface area contributed by atoms with E-state index in [9.17, 15) is 10.1 Å². The summed E-state index contributed by atoms with van der Waals surface area (Å²) in [6.45, 7) is 5.44. The summed E-state index contributed by atoms with van der Waals surface area (Å²) in [4.78, 5) is 13.7. The summed E-state index contributed by atoms with van der Waals surface area (Å²) < 4.78 is 6.91. The van der Waals surface area contributed by atoms with Crippen molar-refractivity contribution in [1.82, 2.24) is 4.57 Å². The number of carbonyl (C=O) groups excluding carboxylic acids is 1. The van der Waals surface area contributed by atoms with E-state index in [0.717, 1.165) is 29.1 Å². The summed E-state index contributed by atoms with van der Waals surface area (Å²) in [6.07, 6.45) is 5.12. The van der Waals surface area contributed by atoms with Crippen LogP contribution >= 0.6 is 12.2 Å². The minimum absolute atomic E-state index is 0.111. The Hall–Kier alpha value is -2.65. The van der Waals surface area contributed by atoms with E-state index in [2.05, 4.69) is 17.5 Å². The number of thiocarbonyl (C=S) groups is 1. The number of nitrogens with one attached hydrogen (secondary N) is 1. The number of hydrogen-bond donors (Lipinski definition) is 1. The second kappa shape index (κ2) is 7.00. The van der Waals surface area contributed by atoms with Gasteiger partial charge in [0.15, 0.2) is 0 Å². The van der Waals surface area contributed by atoms with Gasteiger partial charge in [0.05, 0.1) is 10.7 Å². The maximum atomic E-state index is 12.8. The van der Waals surface area contributed by atoms with E-state index in [1.165, 1.54) is 29.4 Å². The fraction of sp³-hybridized carbons (Fsp3) is 0.435. The lowest BCUT2D eigenvalue weighted by Crippen LogP contribution is -2.35. The van der Waals surface area contributed by atoms with Crippen LogP contribution in [0.15, 0.2) is 30.3 Å². The van der Waals surface area contributed by atoms with Gasteiger partial charge in [-0.2, -0.15) is 5.26 Å². The molecule has 0 atom stereocenters. The zero-order valence-corrected chi connectivity index (χ0v) is 17.9. The largest absolute Gasteiger partial charge is 0.443 e. The number of hydrogen-bond acceptors (Lipinski definition) is 4. The number of carbonyl (C=O) groups is 1. The van der Waals surface area contributed by atoms with Gasteiger partial charge in [-0.15, -0.1) is 0 Å². The van der Waals surface area contributed by atoms with Gasteiger partial charge in [0.2, 0.25) is 0 Å². The van der Waals surface area contributed by atoms with Crippen molar-refractivity contribution in [3.63, 3.8) is 0 Å². The van der Waals surface area contributed by atoms with Gasteiger partial charge in [-0.1, -0.05) is 37.5 Å². The van der Waals surface area contributed by atoms with Crippen LogP contribution in [0.5, 0.6) is 0 Å². The summed E-state index contributed by atoms with van der Waals surface area (Å²) in [5.74, 6) is 0. The number of aromatic nitrogens is 1. The molecule has 29 heavy (non-hydrogen) atoms. The summed E-state index contributed by atoms with van der Waals surface area (Å²) in [5.41, 5.74) is 3.30. The van der Waals surface area contributed by atoms with Crippen LogP contribution in [0.1, 0.15) is 64.1 Å². The van der Waals surface area contributed by atoms with E-state index in [1.54, 1.807) is 12.1 Å². The second-order valence-electron chi connectivity index (χ2n) is 8.89. The Morgan fingerprint density at radius 3 is 2.59 bits per heavy atom. The molecule has 6 heteroatoms. The van der Waals surface area contributed by atoms with Crippen LogP contribution in [0.3, 0.4) is 0 Å². The summed E-state index contributed by atoms with van der Waals surface area (Å²) >= 11 is 5.73. The molecule has 0 unspecified atom stereocenters. The van der Waals surface area contributed by atoms with Crippen LogP contribution in [-0.4, -0.2) is 21.2 Å². The molecule has 2 aromatic rings. The van der Waals surface area contributed by atoms with Crippen LogP contribution in [0.4, 0.5) is 10.5 Å². The second-order valence-corrected chi connectivity index (χ2v) is 9.30. The van der Waals surface area contributed by atoms with E-state index in [1.807, 2.05) is 32.9 Å². The Labute approximate surface area is 176 Å². The summed E-state index contributed by atoms with van der Waals surface area (Å²) in [6, 6.07) is 11.7. The van der Waals surface area contributed by atoms with Crippen LogP contribution in [0.2, 0.25) is 0 Å². The van der Waals surface area contributed by atoms with Gasteiger partial charge in [0, 0.05) is 11.1 Å². The molecule has 0 saturated heterocycles. The van der Waals surface area contributed by atoms with Crippen molar-refractivity contribution in [2.45, 2.75) is 63.9 Å². The molecular weight excluding hydrogens is 382 g/mol. The van der Waals surface area contributed by atoms with Crippen molar-refractivity contribution in [3.05, 3.63) is 41.6 Å². The highest BCUT2D eigenvalue weighted by Gasteiger charge is 2.44. The first kappa shape index (κ1) is 19.7. The third kappa shape index (κ3) is 3.34. The van der Waals surface area contributed by atoms with Gasteiger partial charge >= 0.3 is 6.09 Å². The molecule has 0 bridgehead atoms. The number of ether oxygens (including phenoxy) is 1. The average Bonchev–Trinajstić information content (AvgIpc) is 3.21. The zero-order chi connectivity index (χ0) is 20.8. The molecule has 1 aliphatic carbocycles. The fourth-order valence-electron chi connectivity index (χ4n) is 4.48. The Balaban J connectivity index is 1.80. The summed E-state index contributed by atoms with van der Waals surface area (Å²) in [7, 11) is 0. The van der Waals surface area contributed by atoms with Gasteiger partial charge in [0.1, 0.15) is 17.4 Å². The molecule has 1 fully saturated rings. The minimum Gasteiger partial charge on any atom is -0.443 e. The standard InChI is InChI=1S/C23H25N3O2S/c1-22(2,3)28-21(27)26-16(14-24)8-10-19(26)15-7-9-18-17(13-15)23(20(29)25-18)11-5-4-6-12-23/h7-10,13H,4-6,11-12H2,1-3H3,(H,25,29). The van der Waals surface area contributed by atoms with Gasteiger partial charge in [0.25, 0.3) is 0 Å². The SMILES string of the molecule is CC(C)(C)OC(=O)n1c(C#N)ccc1-c1ccc2c(c1)C1(CCCCC1)C(=S)N2. The van der Waals surface area contributed by atoms with Gasteiger partial charge in [-0.05, 0) is 69.0 Å². The molecule has 4 rings (SSSR count). The van der Waals surface area contributed by atoms with Crippen LogP contribution in [0.25, 0.3) is 11.3 Å². The third-order valence-electron chi connectivity index (χ3n) is 5.79. The molecule has 0 amide bonds. The average molecular weight is 408 g/mol. The van der Waals surface area contributed by atoms with Crippen molar-refractivity contribution >= 4 is 29.0 Å². The van der Waals surface area contributed by atoms with Gasteiger partial charge in [-0.25, -0.2) is 9.36 Å². The molecule has 1 spiro atoms. The number of fused-ring (bicyclic) bond motifs is 2. The van der Waals surface area contributed by atoms with Crippen LogP contribution < -0.4 is 5.32 Å². The van der Waals surface area contributed by atoms with E-state index >= 15 is 0 Å². The number of benzene rings is 1. The topological polar surface area (TPSA) is 67.0 Å². The van der Waals surface area contributed by atoms with Crippen LogP contribution in [0, 0.1) is 11.3 Å². The molecule has 5 nitrogen and oxygen atoms in total. The smallest absolute Gasteiger partial charge is 0.420 e. The number of nitrogens with zero attached hydrogens (tertiary/aromatic N) is 2. The minimum atomic E-state index is -0.647. The van der Waals surface area contributed by atoms with Crippen LogP contribution in [-0.2, 0) is 10.2 Å². The summed E-state index contributed by atoms with van der Waals surface area (Å²) in [5, 5.41) is 12.9. The Bertz CT molecular complexity index is 1030. The predicted octanol–water partition coefficient (Wildman–Crippen LogP) is 5.76. The van der Waals surface area contributed by atoms with E-state index < -0.39 is 11.7 Å². The zero-order valence-electron chi connectivity index (χ0n) is 17.0. The molecule has 1 aromatic carbocycles. The van der Waals surface area contributed by atoms with Crippen molar-refractivity contribution in [3.8, 4) is 17.3 Å². The highest BCUT2D eigenvalue weighted by Crippen LogP contribution is 2.49. The molecule has 1 N–H and O–H groups in total. The maximum absolute atomic E-state index is 12.8. The molecule has 2 aliphatic rings. The van der Waals surface area contributed by atoms with Gasteiger partial charge in [-0.3, -0.25) is 0 Å². The first-order valence-electron chi connectivity index (χ1n) is 10.1. The number of nitriles is 1. The first-order valence-corrected chi connectivity index (χ1v) is 10.5. The highest BCUT2D eigenvalue weighted by atomic mass is 32.1. The monoisotopic (exact) mass is 407 g/mol. The molecular formula is C23H25N3O2S. The van der Waals surface area contributed by atoms with Crippen molar-refractivity contribution in [1.29, 1.82) is 5.26 Å². The molecule has 2 heterocycles. The number of rotatable bonds is 1. The molecule has 1 aliphatic heterocycles. The molecule has 150 valence electrons. The van der Waals surface area contributed by atoms with Crippen molar-refractivity contribution in [2.24, 2.45) is 0 Å². The Morgan fingerprint density at radius 1 is 1.21 bits per heavy atom. The van der Waals surface area contributed by atoms with E-state index in [4.69, 9.17) is 17.0 Å². The number of anilines is 1. The third-order valence-corrected chi connectivity index (χ3v) is 6.29. The van der Waals surface area contributed by atoms with Crippen molar-refractivity contribution < 1.29 is 9.53 Å². The molecule has 1 aromatic heterocycles. The van der Waals surface area contributed by atoms with Gasteiger partial charge < -0.3 is 10.1 Å².